The molecule has 0 aromatic heterocycles. The minimum atomic E-state index is -0.129. The molecule has 1 N–H and O–H groups in total. The van der Waals surface area contributed by atoms with E-state index in [0.29, 0.717) is 18.0 Å². The van der Waals surface area contributed by atoms with Crippen LogP contribution >= 0.6 is 0 Å². The molecule has 0 unspecified atom stereocenters. The number of carbonyl (C=O) groups excluding carboxylic acids is 1. The van der Waals surface area contributed by atoms with Gasteiger partial charge in [0.1, 0.15) is 0 Å². The first-order valence-electron chi connectivity index (χ1n) is 10.8. The van der Waals surface area contributed by atoms with Crippen molar-refractivity contribution >= 4 is 11.6 Å². The number of amides is 1. The maximum atomic E-state index is 12.2. The molecule has 0 radical (unpaired) electrons. The van der Waals surface area contributed by atoms with Crippen molar-refractivity contribution < 1.29 is 14.3 Å². The highest BCUT2D eigenvalue weighted by molar-refractivity contribution is 5.77. The summed E-state index contributed by atoms with van der Waals surface area (Å²) in [5.74, 6) is 1.06. The predicted octanol–water partition coefficient (Wildman–Crippen LogP) is 3.05. The summed E-state index contributed by atoms with van der Waals surface area (Å²) in [5.41, 5.74) is 3.67. The maximum Gasteiger partial charge on any atom is 0.257 e. The van der Waals surface area contributed by atoms with E-state index in [1.165, 1.54) is 11.3 Å². The van der Waals surface area contributed by atoms with Crippen molar-refractivity contribution in [2.45, 2.75) is 13.3 Å². The Morgan fingerprint density at radius 3 is 2.65 bits per heavy atom. The van der Waals surface area contributed by atoms with Crippen LogP contribution < -0.4 is 19.7 Å². The number of ether oxygens (including phenoxy) is 2. The number of aryl methyl sites for hydroxylation is 1. The summed E-state index contributed by atoms with van der Waals surface area (Å²) in [6, 6.07) is 14.3. The molecule has 31 heavy (non-hydrogen) atoms. The monoisotopic (exact) mass is 423 g/mol. The van der Waals surface area contributed by atoms with Crippen LogP contribution in [0.5, 0.6) is 11.5 Å². The van der Waals surface area contributed by atoms with E-state index in [4.69, 9.17) is 9.47 Å². The van der Waals surface area contributed by atoms with E-state index in [9.17, 15) is 4.79 Å². The average Bonchev–Trinajstić information content (AvgIpc) is 2.79. The molecule has 1 aliphatic rings. The molecular weight excluding hydrogens is 390 g/mol. The second-order valence-electron chi connectivity index (χ2n) is 7.78. The number of nitrogens with zero attached hydrogens (tertiary/aromatic N) is 2. The molecule has 2 aromatic rings. The first kappa shape index (κ1) is 22.7. The van der Waals surface area contributed by atoms with Gasteiger partial charge < -0.3 is 19.7 Å². The fourth-order valence-corrected chi connectivity index (χ4v) is 3.73. The zero-order valence-corrected chi connectivity index (χ0v) is 18.6. The third-order valence-electron chi connectivity index (χ3n) is 5.46. The molecule has 0 spiro atoms. The number of hydrogen-bond donors (Lipinski definition) is 1. The molecule has 1 aliphatic heterocycles. The quantitative estimate of drug-likeness (QED) is 0.596. The number of methoxy groups -OCH3 is 1. The van der Waals surface area contributed by atoms with Crippen LogP contribution in [0.3, 0.4) is 0 Å². The first-order valence-corrected chi connectivity index (χ1v) is 10.8. The number of piperazine rings is 1. The van der Waals surface area contributed by atoms with Gasteiger partial charge in [0.25, 0.3) is 5.91 Å². The lowest BCUT2D eigenvalue weighted by Gasteiger charge is -2.36. The lowest BCUT2D eigenvalue weighted by atomic mass is 10.1. The Kier molecular flexibility index (Phi) is 8.35. The highest BCUT2D eigenvalue weighted by atomic mass is 16.5. The van der Waals surface area contributed by atoms with Crippen molar-refractivity contribution in [1.82, 2.24) is 10.2 Å². The first-order chi connectivity index (χ1) is 15.1. The highest BCUT2D eigenvalue weighted by Crippen LogP contribution is 2.28. The summed E-state index contributed by atoms with van der Waals surface area (Å²) in [7, 11) is 1.60. The summed E-state index contributed by atoms with van der Waals surface area (Å²) < 4.78 is 11.0. The van der Waals surface area contributed by atoms with Gasteiger partial charge in [-0.05, 0) is 48.7 Å². The molecule has 3 rings (SSSR count). The van der Waals surface area contributed by atoms with Gasteiger partial charge in [-0.25, -0.2) is 0 Å². The SMILES string of the molecule is C=CCc1ccc(OCC(=O)NCCN2CCN(c3cccc(C)c3)CC2)c(OC)c1. The van der Waals surface area contributed by atoms with Crippen LogP contribution in [0.15, 0.2) is 55.1 Å². The molecule has 0 bridgehead atoms. The minimum Gasteiger partial charge on any atom is -0.493 e. The molecule has 1 amide bonds. The number of carbonyl (C=O) groups is 1. The van der Waals surface area contributed by atoms with E-state index in [1.807, 2.05) is 24.3 Å². The second kappa shape index (κ2) is 11.4. The van der Waals surface area contributed by atoms with E-state index in [1.54, 1.807) is 7.11 Å². The summed E-state index contributed by atoms with van der Waals surface area (Å²) in [5, 5.41) is 2.95. The lowest BCUT2D eigenvalue weighted by Crippen LogP contribution is -2.48. The average molecular weight is 424 g/mol. The van der Waals surface area contributed by atoms with Crippen LogP contribution in [0.25, 0.3) is 0 Å². The minimum absolute atomic E-state index is 0.0295. The van der Waals surface area contributed by atoms with Gasteiger partial charge in [-0.2, -0.15) is 0 Å². The van der Waals surface area contributed by atoms with Gasteiger partial charge >= 0.3 is 0 Å². The van der Waals surface area contributed by atoms with Crippen molar-refractivity contribution in [3.8, 4) is 11.5 Å². The van der Waals surface area contributed by atoms with Crippen LogP contribution in [0, 0.1) is 6.92 Å². The standard InChI is InChI=1S/C25H33N3O3/c1-4-6-21-9-10-23(24(18-21)30-3)31-19-25(29)26-11-12-27-13-15-28(16-14-27)22-8-5-7-20(2)17-22/h4-5,7-10,17-18H,1,6,11-16,19H2,2-3H3,(H,26,29). The fourth-order valence-electron chi connectivity index (χ4n) is 3.73. The molecule has 0 saturated carbocycles. The van der Waals surface area contributed by atoms with Crippen molar-refractivity contribution in [1.29, 1.82) is 0 Å². The molecule has 0 aliphatic carbocycles. The number of hydrogen-bond acceptors (Lipinski definition) is 5. The third kappa shape index (κ3) is 6.76. The smallest absolute Gasteiger partial charge is 0.257 e. The Balaban J connectivity index is 1.36. The van der Waals surface area contributed by atoms with E-state index in [-0.39, 0.29) is 12.5 Å². The fraction of sp³-hybridized carbons (Fsp3) is 0.400. The van der Waals surface area contributed by atoms with Crippen molar-refractivity contribution in [2.75, 3.05) is 57.9 Å². The highest BCUT2D eigenvalue weighted by Gasteiger charge is 2.17. The molecule has 6 heteroatoms. The largest absolute Gasteiger partial charge is 0.493 e. The van der Waals surface area contributed by atoms with Crippen LogP contribution in [0.4, 0.5) is 5.69 Å². The molecule has 0 atom stereocenters. The van der Waals surface area contributed by atoms with Crippen LogP contribution in [0.2, 0.25) is 0 Å². The Hall–Kier alpha value is -2.99. The number of rotatable bonds is 10. The molecule has 1 fully saturated rings. The maximum absolute atomic E-state index is 12.2. The van der Waals surface area contributed by atoms with E-state index < -0.39 is 0 Å². The second-order valence-corrected chi connectivity index (χ2v) is 7.78. The summed E-state index contributed by atoms with van der Waals surface area (Å²) in [6.45, 7) is 11.3. The lowest BCUT2D eigenvalue weighted by molar-refractivity contribution is -0.123. The predicted molar refractivity (Wildman–Crippen MR) is 125 cm³/mol. The summed E-state index contributed by atoms with van der Waals surface area (Å²) >= 11 is 0. The third-order valence-corrected chi connectivity index (χ3v) is 5.46. The topological polar surface area (TPSA) is 54.0 Å². The van der Waals surface area contributed by atoms with Gasteiger partial charge in [0, 0.05) is 45.0 Å². The Labute approximate surface area is 185 Å². The molecule has 2 aromatic carbocycles. The van der Waals surface area contributed by atoms with Crippen LogP contribution in [0.1, 0.15) is 11.1 Å². The van der Waals surface area contributed by atoms with Gasteiger partial charge in [-0.1, -0.05) is 24.3 Å². The molecule has 1 heterocycles. The van der Waals surface area contributed by atoms with Gasteiger partial charge in [-0.3, -0.25) is 9.69 Å². The van der Waals surface area contributed by atoms with Gasteiger partial charge in [-0.15, -0.1) is 6.58 Å². The van der Waals surface area contributed by atoms with E-state index >= 15 is 0 Å². The Bertz CT molecular complexity index is 876. The molecule has 166 valence electrons. The number of nitrogens with one attached hydrogen (secondary N) is 1. The molecule has 1 saturated heterocycles. The van der Waals surface area contributed by atoms with Gasteiger partial charge in [0.15, 0.2) is 18.1 Å². The van der Waals surface area contributed by atoms with Crippen molar-refractivity contribution in [2.24, 2.45) is 0 Å². The summed E-state index contributed by atoms with van der Waals surface area (Å²) in [4.78, 5) is 17.0. The summed E-state index contributed by atoms with van der Waals surface area (Å²) in [6.07, 6.45) is 2.60. The zero-order chi connectivity index (χ0) is 22.1. The number of benzene rings is 2. The van der Waals surface area contributed by atoms with Gasteiger partial charge in [0.05, 0.1) is 7.11 Å². The van der Waals surface area contributed by atoms with E-state index in [2.05, 4.69) is 52.9 Å². The van der Waals surface area contributed by atoms with E-state index in [0.717, 1.165) is 44.7 Å². The normalized spacial score (nSPS) is 14.2. The number of anilines is 1. The molecular formula is C25H33N3O3. The van der Waals surface area contributed by atoms with Crippen LogP contribution in [-0.4, -0.2) is 63.8 Å². The van der Waals surface area contributed by atoms with Gasteiger partial charge in [0.2, 0.25) is 0 Å². The Morgan fingerprint density at radius 2 is 1.94 bits per heavy atom. The van der Waals surface area contributed by atoms with Crippen LogP contribution in [-0.2, 0) is 11.2 Å². The zero-order valence-electron chi connectivity index (χ0n) is 18.6. The number of allylic oxidation sites excluding steroid dienone is 1. The molecule has 6 nitrogen and oxygen atoms in total. The van der Waals surface area contributed by atoms with Crippen molar-refractivity contribution in [3.63, 3.8) is 0 Å². The Morgan fingerprint density at radius 1 is 1.13 bits per heavy atom. The van der Waals surface area contributed by atoms with Crippen molar-refractivity contribution in [3.05, 3.63) is 66.2 Å².